The van der Waals surface area contributed by atoms with Crippen molar-refractivity contribution in [3.8, 4) is 17.2 Å². The Labute approximate surface area is 155 Å². The molecule has 0 saturated heterocycles. The normalized spacial score (nSPS) is 10.2. The summed E-state index contributed by atoms with van der Waals surface area (Å²) < 4.78 is 16.8. The maximum atomic E-state index is 12.1. The highest BCUT2D eigenvalue weighted by atomic mass is 16.5. The molecule has 0 aromatic heterocycles. The van der Waals surface area contributed by atoms with Crippen LogP contribution in [0.25, 0.3) is 0 Å². The molecule has 1 N–H and O–H groups in total. The van der Waals surface area contributed by atoms with Crippen molar-refractivity contribution in [2.75, 3.05) is 25.1 Å². The Bertz CT molecular complexity index is 687. The molecule has 0 aliphatic heterocycles. The van der Waals surface area contributed by atoms with Crippen molar-refractivity contribution in [2.24, 2.45) is 0 Å². The topological polar surface area (TPSA) is 56.8 Å². The highest BCUT2D eigenvalue weighted by Crippen LogP contribution is 2.24. The van der Waals surface area contributed by atoms with Crippen molar-refractivity contribution in [3.63, 3.8) is 0 Å². The van der Waals surface area contributed by atoms with E-state index in [1.807, 2.05) is 37.3 Å². The molecule has 140 valence electrons. The molecule has 0 fully saturated rings. The van der Waals surface area contributed by atoms with Gasteiger partial charge in [-0.3, -0.25) is 4.79 Å². The Morgan fingerprint density at radius 2 is 1.69 bits per heavy atom. The molecule has 0 bridgehead atoms. The van der Waals surface area contributed by atoms with E-state index in [1.165, 1.54) is 0 Å². The number of nitrogens with one attached hydrogen (secondary N) is 1. The number of para-hydroxylation sites is 2. The van der Waals surface area contributed by atoms with Crippen molar-refractivity contribution in [3.05, 3.63) is 48.5 Å². The molecule has 1 amide bonds. The van der Waals surface area contributed by atoms with Crippen LogP contribution < -0.4 is 19.5 Å². The smallest absolute Gasteiger partial charge is 0.262 e. The van der Waals surface area contributed by atoms with E-state index in [1.54, 1.807) is 18.2 Å². The highest BCUT2D eigenvalue weighted by Gasteiger charge is 2.08. The van der Waals surface area contributed by atoms with E-state index in [0.717, 1.165) is 25.0 Å². The van der Waals surface area contributed by atoms with Crippen LogP contribution in [0.3, 0.4) is 0 Å². The molecule has 0 radical (unpaired) electrons. The summed E-state index contributed by atoms with van der Waals surface area (Å²) >= 11 is 0. The van der Waals surface area contributed by atoms with E-state index >= 15 is 0 Å². The fourth-order valence-electron chi connectivity index (χ4n) is 2.38. The van der Waals surface area contributed by atoms with E-state index in [2.05, 4.69) is 12.2 Å². The molecular weight excluding hydrogens is 330 g/mol. The van der Waals surface area contributed by atoms with E-state index < -0.39 is 0 Å². The first kappa shape index (κ1) is 19.6. The number of hydrogen-bond acceptors (Lipinski definition) is 4. The van der Waals surface area contributed by atoms with Crippen LogP contribution in [0.15, 0.2) is 48.5 Å². The van der Waals surface area contributed by atoms with Gasteiger partial charge in [0, 0.05) is 6.07 Å². The Hall–Kier alpha value is -2.69. The second kappa shape index (κ2) is 11.0. The Balaban J connectivity index is 1.84. The summed E-state index contributed by atoms with van der Waals surface area (Å²) in [4.78, 5) is 12.1. The highest BCUT2D eigenvalue weighted by molar-refractivity contribution is 5.93. The second-order valence-electron chi connectivity index (χ2n) is 5.80. The molecule has 0 saturated carbocycles. The summed E-state index contributed by atoms with van der Waals surface area (Å²) in [5, 5.41) is 2.81. The zero-order valence-electron chi connectivity index (χ0n) is 15.5. The predicted molar refractivity (Wildman–Crippen MR) is 103 cm³/mol. The summed E-state index contributed by atoms with van der Waals surface area (Å²) in [6, 6.07) is 14.7. The summed E-state index contributed by atoms with van der Waals surface area (Å²) in [5.74, 6) is 1.75. The number of unbranched alkanes of at least 4 members (excludes halogenated alkanes) is 2. The molecule has 5 nitrogen and oxygen atoms in total. The average molecular weight is 357 g/mol. The third-order valence-corrected chi connectivity index (χ3v) is 3.65. The van der Waals surface area contributed by atoms with Gasteiger partial charge < -0.3 is 19.5 Å². The molecule has 2 rings (SSSR count). The Morgan fingerprint density at radius 3 is 2.46 bits per heavy atom. The average Bonchev–Trinajstić information content (AvgIpc) is 2.66. The number of carbonyl (C=O) groups is 1. The Morgan fingerprint density at radius 1 is 0.923 bits per heavy atom. The molecular formula is C21H27NO4. The van der Waals surface area contributed by atoms with Crippen LogP contribution >= 0.6 is 0 Å². The number of amides is 1. The first-order valence-corrected chi connectivity index (χ1v) is 9.10. The maximum absolute atomic E-state index is 12.1. The van der Waals surface area contributed by atoms with Crippen LogP contribution in [-0.2, 0) is 4.79 Å². The molecule has 0 spiro atoms. The molecule has 0 heterocycles. The zero-order chi connectivity index (χ0) is 18.6. The van der Waals surface area contributed by atoms with Gasteiger partial charge in [-0.2, -0.15) is 0 Å². The minimum Gasteiger partial charge on any atom is -0.493 e. The molecule has 2 aromatic rings. The van der Waals surface area contributed by atoms with Crippen molar-refractivity contribution in [1.82, 2.24) is 0 Å². The predicted octanol–water partition coefficient (Wildman–Crippen LogP) is 4.67. The largest absolute Gasteiger partial charge is 0.493 e. The monoisotopic (exact) mass is 357 g/mol. The van der Waals surface area contributed by atoms with Gasteiger partial charge in [-0.05, 0) is 37.6 Å². The van der Waals surface area contributed by atoms with Crippen LogP contribution in [-0.4, -0.2) is 25.7 Å². The molecule has 26 heavy (non-hydrogen) atoms. The van der Waals surface area contributed by atoms with E-state index in [9.17, 15) is 4.79 Å². The van der Waals surface area contributed by atoms with Crippen molar-refractivity contribution in [2.45, 2.75) is 33.1 Å². The van der Waals surface area contributed by atoms with Crippen LogP contribution in [0.4, 0.5) is 5.69 Å². The minimum atomic E-state index is -0.244. The number of ether oxygens (including phenoxy) is 3. The molecule has 2 aromatic carbocycles. The van der Waals surface area contributed by atoms with Crippen LogP contribution in [0.5, 0.6) is 17.2 Å². The van der Waals surface area contributed by atoms with E-state index in [4.69, 9.17) is 14.2 Å². The van der Waals surface area contributed by atoms with E-state index in [-0.39, 0.29) is 12.5 Å². The van der Waals surface area contributed by atoms with Gasteiger partial charge in [0.15, 0.2) is 6.61 Å². The van der Waals surface area contributed by atoms with E-state index in [0.29, 0.717) is 30.4 Å². The lowest BCUT2D eigenvalue weighted by molar-refractivity contribution is -0.118. The summed E-state index contributed by atoms with van der Waals surface area (Å²) in [6.07, 6.45) is 3.34. The number of carbonyl (C=O) groups excluding carboxylic acids is 1. The fraction of sp³-hybridized carbons (Fsp3) is 0.381. The molecule has 0 aliphatic rings. The first-order chi connectivity index (χ1) is 12.7. The zero-order valence-corrected chi connectivity index (χ0v) is 15.5. The third-order valence-electron chi connectivity index (χ3n) is 3.65. The maximum Gasteiger partial charge on any atom is 0.262 e. The van der Waals surface area contributed by atoms with Crippen LogP contribution in [0.1, 0.15) is 33.1 Å². The van der Waals surface area contributed by atoms with Gasteiger partial charge >= 0.3 is 0 Å². The van der Waals surface area contributed by atoms with Crippen molar-refractivity contribution >= 4 is 11.6 Å². The Kier molecular flexibility index (Phi) is 8.33. The standard InChI is InChI=1S/C21H27NO4/c1-3-5-8-14-25-17-10-9-11-18(15-17)26-16-21(23)22-19-12-6-7-13-20(19)24-4-2/h6-7,9-13,15H,3-5,8,14,16H2,1-2H3,(H,22,23). The minimum absolute atomic E-state index is 0.0836. The fourth-order valence-corrected chi connectivity index (χ4v) is 2.38. The van der Waals surface area contributed by atoms with Gasteiger partial charge in [-0.15, -0.1) is 0 Å². The van der Waals surface area contributed by atoms with Crippen molar-refractivity contribution in [1.29, 1.82) is 0 Å². The van der Waals surface area contributed by atoms with Gasteiger partial charge in [-0.1, -0.05) is 38.0 Å². The molecule has 0 atom stereocenters. The summed E-state index contributed by atoms with van der Waals surface area (Å²) in [5.41, 5.74) is 0.635. The SMILES string of the molecule is CCCCCOc1cccc(OCC(=O)Nc2ccccc2OCC)c1. The third kappa shape index (κ3) is 6.67. The van der Waals surface area contributed by atoms with Crippen LogP contribution in [0, 0.1) is 0 Å². The van der Waals surface area contributed by atoms with Crippen molar-refractivity contribution < 1.29 is 19.0 Å². The van der Waals surface area contributed by atoms with Gasteiger partial charge in [-0.25, -0.2) is 0 Å². The van der Waals surface area contributed by atoms with Gasteiger partial charge in [0.25, 0.3) is 5.91 Å². The lowest BCUT2D eigenvalue weighted by atomic mass is 10.3. The van der Waals surface area contributed by atoms with Gasteiger partial charge in [0.05, 0.1) is 18.9 Å². The molecule has 0 aliphatic carbocycles. The first-order valence-electron chi connectivity index (χ1n) is 9.10. The summed E-state index contributed by atoms with van der Waals surface area (Å²) in [6.45, 7) is 5.20. The van der Waals surface area contributed by atoms with Crippen LogP contribution in [0.2, 0.25) is 0 Å². The van der Waals surface area contributed by atoms with Gasteiger partial charge in [0.2, 0.25) is 0 Å². The number of rotatable bonds is 11. The second-order valence-corrected chi connectivity index (χ2v) is 5.80. The summed E-state index contributed by atoms with van der Waals surface area (Å²) in [7, 11) is 0. The molecule has 5 heteroatoms. The number of anilines is 1. The number of hydrogen-bond donors (Lipinski definition) is 1. The lowest BCUT2D eigenvalue weighted by Crippen LogP contribution is -2.20. The lowest BCUT2D eigenvalue weighted by Gasteiger charge is -2.12. The van der Waals surface area contributed by atoms with Gasteiger partial charge in [0.1, 0.15) is 17.2 Å². The quantitative estimate of drug-likeness (QED) is 0.594. The number of benzene rings is 2. The molecule has 0 unspecified atom stereocenters.